The SMILES string of the molecule is Cc1ccncc1NC1CCC2(CC1)OCCO2. The lowest BCUT2D eigenvalue weighted by Crippen LogP contribution is -2.39. The zero-order valence-electron chi connectivity index (χ0n) is 10.8. The van der Waals surface area contributed by atoms with Crippen LogP contribution in [0.1, 0.15) is 31.2 Å². The van der Waals surface area contributed by atoms with Gasteiger partial charge in [0.2, 0.25) is 0 Å². The Morgan fingerprint density at radius 3 is 2.67 bits per heavy atom. The molecule has 0 amide bonds. The Morgan fingerprint density at radius 1 is 1.28 bits per heavy atom. The lowest BCUT2D eigenvalue weighted by molar-refractivity contribution is -0.177. The highest BCUT2D eigenvalue weighted by Crippen LogP contribution is 2.36. The van der Waals surface area contributed by atoms with Crippen LogP contribution in [0.25, 0.3) is 0 Å². The van der Waals surface area contributed by atoms with Crippen molar-refractivity contribution in [2.45, 2.75) is 44.4 Å². The molecule has 0 bridgehead atoms. The molecule has 0 atom stereocenters. The third kappa shape index (κ3) is 2.35. The fourth-order valence-electron chi connectivity index (χ4n) is 2.82. The van der Waals surface area contributed by atoms with Gasteiger partial charge in [-0.15, -0.1) is 0 Å². The number of aromatic nitrogens is 1. The highest BCUT2D eigenvalue weighted by Gasteiger charge is 2.40. The lowest BCUT2D eigenvalue weighted by atomic mass is 9.90. The lowest BCUT2D eigenvalue weighted by Gasteiger charge is -2.36. The number of nitrogens with one attached hydrogen (secondary N) is 1. The van der Waals surface area contributed by atoms with Crippen molar-refractivity contribution in [2.24, 2.45) is 0 Å². The molecular weight excluding hydrogens is 228 g/mol. The molecule has 4 heteroatoms. The van der Waals surface area contributed by atoms with Crippen molar-refractivity contribution >= 4 is 5.69 Å². The Morgan fingerprint density at radius 2 is 2.00 bits per heavy atom. The smallest absolute Gasteiger partial charge is 0.168 e. The van der Waals surface area contributed by atoms with E-state index >= 15 is 0 Å². The van der Waals surface area contributed by atoms with Gasteiger partial charge in [0.15, 0.2) is 5.79 Å². The number of ether oxygens (including phenoxy) is 2. The summed E-state index contributed by atoms with van der Waals surface area (Å²) >= 11 is 0. The Kier molecular flexibility index (Phi) is 3.22. The molecule has 18 heavy (non-hydrogen) atoms. The van der Waals surface area contributed by atoms with Crippen molar-refractivity contribution in [1.29, 1.82) is 0 Å². The summed E-state index contributed by atoms with van der Waals surface area (Å²) in [6.07, 6.45) is 7.90. The molecule has 4 nitrogen and oxygen atoms in total. The zero-order chi connectivity index (χ0) is 12.4. The summed E-state index contributed by atoms with van der Waals surface area (Å²) in [5.74, 6) is -0.262. The number of anilines is 1. The van der Waals surface area contributed by atoms with E-state index in [2.05, 4.69) is 17.2 Å². The van der Waals surface area contributed by atoms with Crippen LogP contribution in [0.3, 0.4) is 0 Å². The molecule has 3 rings (SSSR count). The number of rotatable bonds is 2. The van der Waals surface area contributed by atoms with Crippen LogP contribution >= 0.6 is 0 Å². The maximum Gasteiger partial charge on any atom is 0.168 e. The predicted octanol–water partition coefficient (Wildman–Crippen LogP) is 2.49. The van der Waals surface area contributed by atoms with Gasteiger partial charge in [0, 0.05) is 25.1 Å². The normalized spacial score (nSPS) is 23.4. The number of nitrogens with zero attached hydrogens (tertiary/aromatic N) is 1. The Balaban J connectivity index is 1.59. The molecule has 1 aliphatic carbocycles. The highest BCUT2D eigenvalue weighted by atomic mass is 16.7. The molecule has 1 aromatic rings. The number of hydrogen-bond donors (Lipinski definition) is 1. The monoisotopic (exact) mass is 248 g/mol. The van der Waals surface area contributed by atoms with E-state index in [9.17, 15) is 0 Å². The average molecular weight is 248 g/mol. The van der Waals surface area contributed by atoms with Crippen LogP contribution in [-0.4, -0.2) is 30.0 Å². The van der Waals surface area contributed by atoms with Crippen molar-refractivity contribution in [3.63, 3.8) is 0 Å². The molecule has 0 radical (unpaired) electrons. The van der Waals surface area contributed by atoms with E-state index < -0.39 is 0 Å². The van der Waals surface area contributed by atoms with Crippen molar-refractivity contribution in [3.8, 4) is 0 Å². The van der Waals surface area contributed by atoms with Gasteiger partial charge in [-0.2, -0.15) is 0 Å². The van der Waals surface area contributed by atoms with E-state index in [1.165, 1.54) is 5.56 Å². The first-order chi connectivity index (χ1) is 8.77. The van der Waals surface area contributed by atoms with Crippen molar-refractivity contribution in [1.82, 2.24) is 4.98 Å². The first-order valence-electron chi connectivity index (χ1n) is 6.72. The quantitative estimate of drug-likeness (QED) is 0.873. The van der Waals surface area contributed by atoms with Gasteiger partial charge < -0.3 is 14.8 Å². The van der Waals surface area contributed by atoms with Crippen LogP contribution in [0.5, 0.6) is 0 Å². The van der Waals surface area contributed by atoms with Crippen molar-refractivity contribution < 1.29 is 9.47 Å². The Bertz CT molecular complexity index is 406. The van der Waals surface area contributed by atoms with Gasteiger partial charge >= 0.3 is 0 Å². The second kappa shape index (κ2) is 4.86. The van der Waals surface area contributed by atoms with Gasteiger partial charge in [-0.1, -0.05) is 0 Å². The van der Waals surface area contributed by atoms with Gasteiger partial charge in [0.1, 0.15) is 0 Å². The van der Waals surface area contributed by atoms with Crippen LogP contribution in [0, 0.1) is 6.92 Å². The molecule has 1 aliphatic heterocycles. The first-order valence-corrected chi connectivity index (χ1v) is 6.72. The fourth-order valence-corrected chi connectivity index (χ4v) is 2.82. The molecule has 1 aromatic heterocycles. The third-order valence-corrected chi connectivity index (χ3v) is 3.96. The summed E-state index contributed by atoms with van der Waals surface area (Å²) in [5.41, 5.74) is 2.39. The van der Waals surface area contributed by atoms with Crippen LogP contribution in [0.4, 0.5) is 5.69 Å². The third-order valence-electron chi connectivity index (χ3n) is 3.96. The highest BCUT2D eigenvalue weighted by molar-refractivity contribution is 5.48. The van der Waals surface area contributed by atoms with Crippen LogP contribution in [0.15, 0.2) is 18.5 Å². The fraction of sp³-hybridized carbons (Fsp3) is 0.643. The molecular formula is C14H20N2O2. The van der Waals surface area contributed by atoms with Crippen molar-refractivity contribution in [2.75, 3.05) is 18.5 Å². The maximum atomic E-state index is 5.74. The molecule has 1 saturated heterocycles. The summed E-state index contributed by atoms with van der Waals surface area (Å²) in [4.78, 5) is 4.17. The molecule has 1 saturated carbocycles. The van der Waals surface area contributed by atoms with E-state index in [4.69, 9.17) is 9.47 Å². The molecule has 2 fully saturated rings. The average Bonchev–Trinajstić information content (AvgIpc) is 2.84. The van der Waals surface area contributed by atoms with Crippen LogP contribution in [-0.2, 0) is 9.47 Å². The number of pyridine rings is 1. The standard InChI is InChI=1S/C14H20N2O2/c1-11-4-7-15-10-13(11)16-12-2-5-14(6-3-12)17-8-9-18-14/h4,7,10,12,16H,2-3,5-6,8-9H2,1H3. The Labute approximate surface area is 108 Å². The van der Waals surface area contributed by atoms with E-state index in [-0.39, 0.29) is 5.79 Å². The summed E-state index contributed by atoms with van der Waals surface area (Å²) in [7, 11) is 0. The molecule has 1 N–H and O–H groups in total. The van der Waals surface area contributed by atoms with E-state index in [0.29, 0.717) is 6.04 Å². The number of hydrogen-bond acceptors (Lipinski definition) is 4. The van der Waals surface area contributed by atoms with Gasteiger partial charge in [-0.05, 0) is 31.4 Å². The van der Waals surface area contributed by atoms with Gasteiger partial charge in [0.25, 0.3) is 0 Å². The van der Waals surface area contributed by atoms with E-state index in [0.717, 1.165) is 44.6 Å². The summed E-state index contributed by atoms with van der Waals surface area (Å²) in [6.45, 7) is 3.61. The van der Waals surface area contributed by atoms with Gasteiger partial charge in [-0.25, -0.2) is 0 Å². The zero-order valence-corrected chi connectivity index (χ0v) is 10.8. The first kappa shape index (κ1) is 11.9. The predicted molar refractivity (Wildman–Crippen MR) is 69.5 cm³/mol. The minimum absolute atomic E-state index is 0.262. The van der Waals surface area contributed by atoms with Gasteiger partial charge in [0.05, 0.1) is 25.1 Å². The van der Waals surface area contributed by atoms with E-state index in [1.807, 2.05) is 18.5 Å². The van der Waals surface area contributed by atoms with Gasteiger partial charge in [-0.3, -0.25) is 4.98 Å². The summed E-state index contributed by atoms with van der Waals surface area (Å²) < 4.78 is 11.5. The molecule has 2 heterocycles. The van der Waals surface area contributed by atoms with Crippen LogP contribution in [0.2, 0.25) is 0 Å². The largest absolute Gasteiger partial charge is 0.381 e. The minimum atomic E-state index is -0.262. The molecule has 0 aromatic carbocycles. The van der Waals surface area contributed by atoms with Crippen molar-refractivity contribution in [3.05, 3.63) is 24.0 Å². The second-order valence-corrected chi connectivity index (χ2v) is 5.22. The second-order valence-electron chi connectivity index (χ2n) is 5.22. The molecule has 0 unspecified atom stereocenters. The summed E-state index contributed by atoms with van der Waals surface area (Å²) in [5, 5.41) is 3.58. The molecule has 2 aliphatic rings. The summed E-state index contributed by atoms with van der Waals surface area (Å²) in [6, 6.07) is 2.54. The molecule has 98 valence electrons. The topological polar surface area (TPSA) is 43.4 Å². The Hall–Kier alpha value is -1.13. The minimum Gasteiger partial charge on any atom is -0.381 e. The maximum absolute atomic E-state index is 5.74. The number of aryl methyl sites for hydroxylation is 1. The molecule has 1 spiro atoms. The van der Waals surface area contributed by atoms with Crippen LogP contribution < -0.4 is 5.32 Å². The van der Waals surface area contributed by atoms with E-state index in [1.54, 1.807) is 0 Å².